The van der Waals surface area contributed by atoms with Gasteiger partial charge in [0, 0.05) is 11.5 Å². The third-order valence-corrected chi connectivity index (χ3v) is 5.00. The Morgan fingerprint density at radius 3 is 2.54 bits per heavy atom. The van der Waals surface area contributed by atoms with Gasteiger partial charge in [0.05, 0.1) is 11.4 Å². The fourth-order valence-electron chi connectivity index (χ4n) is 3.68. The van der Waals surface area contributed by atoms with Crippen LogP contribution in [-0.4, -0.2) is 20.8 Å². The average Bonchev–Trinajstić information content (AvgIpc) is 2.90. The minimum Gasteiger partial charge on any atom is -0.508 e. The molecule has 6 heteroatoms. The van der Waals surface area contributed by atoms with E-state index in [2.05, 4.69) is 5.10 Å². The number of aryl methyl sites for hydroxylation is 1. The Labute approximate surface area is 141 Å². The number of rotatable bonds is 3. The first-order valence-electron chi connectivity index (χ1n) is 8.39. The van der Waals surface area contributed by atoms with Crippen molar-refractivity contribution in [1.82, 2.24) is 9.78 Å². The largest absolute Gasteiger partial charge is 0.508 e. The Morgan fingerprint density at radius 1 is 1.25 bits per heavy atom. The first-order valence-corrected chi connectivity index (χ1v) is 8.39. The number of phenols is 1. The lowest BCUT2D eigenvalue weighted by atomic mass is 9.85. The first kappa shape index (κ1) is 16.4. The molecular weight excluding hydrogens is 304 g/mol. The van der Waals surface area contributed by atoms with Crippen molar-refractivity contribution in [3.8, 4) is 11.4 Å². The third kappa shape index (κ3) is 2.62. The monoisotopic (exact) mass is 328 g/mol. The van der Waals surface area contributed by atoms with E-state index in [9.17, 15) is 9.90 Å². The zero-order valence-electron chi connectivity index (χ0n) is 14.2. The van der Waals surface area contributed by atoms with E-state index in [4.69, 9.17) is 11.5 Å². The number of phenolic OH excluding ortho intramolecular Hbond substituents is 1. The number of primary amides is 1. The number of carbonyl (C=O) groups excluding carboxylic acids is 1. The molecule has 6 nitrogen and oxygen atoms in total. The van der Waals surface area contributed by atoms with Crippen LogP contribution in [0.3, 0.4) is 0 Å². The fourth-order valence-corrected chi connectivity index (χ4v) is 3.68. The maximum atomic E-state index is 12.0. The number of anilines is 1. The molecule has 0 aliphatic heterocycles. The lowest BCUT2D eigenvalue weighted by molar-refractivity contribution is 0.0999. The average molecular weight is 328 g/mol. The number of hydrogen-bond acceptors (Lipinski definition) is 4. The summed E-state index contributed by atoms with van der Waals surface area (Å²) >= 11 is 0. The van der Waals surface area contributed by atoms with Crippen molar-refractivity contribution < 1.29 is 9.90 Å². The van der Waals surface area contributed by atoms with Gasteiger partial charge in [-0.2, -0.15) is 5.10 Å². The molecule has 3 rings (SSSR count). The van der Waals surface area contributed by atoms with E-state index in [1.807, 2.05) is 19.9 Å². The summed E-state index contributed by atoms with van der Waals surface area (Å²) in [6.45, 7) is 3.73. The minimum atomic E-state index is -0.546. The van der Waals surface area contributed by atoms with Gasteiger partial charge >= 0.3 is 0 Å². The van der Waals surface area contributed by atoms with Gasteiger partial charge in [-0.3, -0.25) is 4.79 Å². The highest BCUT2D eigenvalue weighted by Gasteiger charge is 2.29. The van der Waals surface area contributed by atoms with E-state index >= 15 is 0 Å². The lowest BCUT2D eigenvalue weighted by Crippen LogP contribution is -2.17. The number of nitrogens with two attached hydrogens (primary N) is 2. The molecule has 1 heterocycles. The molecule has 1 saturated carbocycles. The molecule has 1 fully saturated rings. The summed E-state index contributed by atoms with van der Waals surface area (Å²) in [6.07, 6.45) is 5.45. The zero-order valence-corrected chi connectivity index (χ0v) is 14.2. The number of aromatic nitrogens is 2. The molecule has 1 amide bonds. The molecule has 1 aromatic heterocycles. The summed E-state index contributed by atoms with van der Waals surface area (Å²) in [5, 5.41) is 14.7. The molecule has 0 spiro atoms. The van der Waals surface area contributed by atoms with Crippen molar-refractivity contribution in [2.75, 3.05) is 5.73 Å². The summed E-state index contributed by atoms with van der Waals surface area (Å²) in [7, 11) is 0. The Hall–Kier alpha value is -2.50. The molecule has 0 radical (unpaired) electrons. The topological polar surface area (TPSA) is 107 Å². The highest BCUT2D eigenvalue weighted by molar-refractivity contribution is 5.99. The molecule has 1 aromatic carbocycles. The number of carbonyl (C=O) groups is 1. The van der Waals surface area contributed by atoms with Gasteiger partial charge < -0.3 is 16.6 Å². The van der Waals surface area contributed by atoms with Crippen molar-refractivity contribution in [2.45, 2.75) is 51.9 Å². The minimum absolute atomic E-state index is 0.172. The second-order valence-electron chi connectivity index (χ2n) is 6.63. The summed E-state index contributed by atoms with van der Waals surface area (Å²) in [5.41, 5.74) is 15.2. The van der Waals surface area contributed by atoms with Gasteiger partial charge in [-0.15, -0.1) is 0 Å². The summed E-state index contributed by atoms with van der Waals surface area (Å²) in [5.74, 6) is 0.0859. The maximum absolute atomic E-state index is 12.0. The molecule has 2 aromatic rings. The zero-order chi connectivity index (χ0) is 17.4. The third-order valence-electron chi connectivity index (χ3n) is 5.00. The van der Waals surface area contributed by atoms with Crippen molar-refractivity contribution in [3.63, 3.8) is 0 Å². The highest BCUT2D eigenvalue weighted by Crippen LogP contribution is 2.37. The number of hydrogen-bond donors (Lipinski definition) is 3. The standard InChI is InChI=1S/C18H24N4O2/c1-10-8-9-13(23)11(2)16(10)22-17(19)14(18(20)24)15(21-22)12-6-4-3-5-7-12/h8-9,12,23H,3-7,19H2,1-2H3,(H2,20,24). The first-order chi connectivity index (χ1) is 11.4. The SMILES string of the molecule is Cc1ccc(O)c(C)c1-n1nc(C2CCCCC2)c(C(N)=O)c1N. The number of benzene rings is 1. The second kappa shape index (κ2) is 6.19. The van der Waals surface area contributed by atoms with E-state index in [1.54, 1.807) is 10.7 Å². The molecule has 24 heavy (non-hydrogen) atoms. The fraction of sp³-hybridized carbons (Fsp3) is 0.444. The van der Waals surface area contributed by atoms with Crippen LogP contribution < -0.4 is 11.5 Å². The Kier molecular flexibility index (Phi) is 4.22. The van der Waals surface area contributed by atoms with E-state index < -0.39 is 5.91 Å². The normalized spacial score (nSPS) is 15.6. The van der Waals surface area contributed by atoms with Crippen molar-refractivity contribution in [3.05, 3.63) is 34.5 Å². The molecule has 0 unspecified atom stereocenters. The van der Waals surface area contributed by atoms with Crippen molar-refractivity contribution in [2.24, 2.45) is 5.73 Å². The van der Waals surface area contributed by atoms with Gasteiger partial charge in [0.2, 0.25) is 0 Å². The van der Waals surface area contributed by atoms with Gasteiger partial charge in [0.15, 0.2) is 0 Å². The summed E-state index contributed by atoms with van der Waals surface area (Å²) in [4.78, 5) is 12.0. The Bertz CT molecular complexity index is 789. The van der Waals surface area contributed by atoms with Gasteiger partial charge in [0.25, 0.3) is 5.91 Å². The summed E-state index contributed by atoms with van der Waals surface area (Å²) in [6, 6.07) is 3.45. The number of nitrogens with zero attached hydrogens (tertiary/aromatic N) is 2. The van der Waals surface area contributed by atoms with Crippen LogP contribution in [0.15, 0.2) is 12.1 Å². The molecular formula is C18H24N4O2. The predicted octanol–water partition coefficient (Wildman–Crippen LogP) is 2.92. The van der Waals surface area contributed by atoms with Crippen LogP contribution in [0.1, 0.15) is 65.2 Å². The van der Waals surface area contributed by atoms with E-state index in [0.29, 0.717) is 22.5 Å². The Balaban J connectivity index is 2.20. The van der Waals surface area contributed by atoms with E-state index in [-0.39, 0.29) is 17.5 Å². The van der Waals surface area contributed by atoms with Crippen LogP contribution in [0.2, 0.25) is 0 Å². The molecule has 1 aliphatic rings. The quantitative estimate of drug-likeness (QED) is 0.805. The van der Waals surface area contributed by atoms with Crippen LogP contribution in [-0.2, 0) is 0 Å². The van der Waals surface area contributed by atoms with E-state index in [1.165, 1.54) is 6.42 Å². The number of nitrogen functional groups attached to an aromatic ring is 1. The van der Waals surface area contributed by atoms with Gasteiger partial charge in [0.1, 0.15) is 17.1 Å². The van der Waals surface area contributed by atoms with Crippen LogP contribution >= 0.6 is 0 Å². The molecule has 128 valence electrons. The Morgan fingerprint density at radius 2 is 1.92 bits per heavy atom. The van der Waals surface area contributed by atoms with Crippen LogP contribution in [0, 0.1) is 13.8 Å². The molecule has 0 atom stereocenters. The highest BCUT2D eigenvalue weighted by atomic mass is 16.3. The predicted molar refractivity (Wildman–Crippen MR) is 93.5 cm³/mol. The van der Waals surface area contributed by atoms with E-state index in [0.717, 1.165) is 31.2 Å². The van der Waals surface area contributed by atoms with Crippen LogP contribution in [0.4, 0.5) is 5.82 Å². The van der Waals surface area contributed by atoms with Gasteiger partial charge in [-0.05, 0) is 38.3 Å². The maximum Gasteiger partial charge on any atom is 0.254 e. The van der Waals surface area contributed by atoms with Gasteiger partial charge in [-0.25, -0.2) is 4.68 Å². The molecule has 1 aliphatic carbocycles. The second-order valence-corrected chi connectivity index (χ2v) is 6.63. The van der Waals surface area contributed by atoms with Crippen molar-refractivity contribution in [1.29, 1.82) is 0 Å². The molecule has 5 N–H and O–H groups in total. The lowest BCUT2D eigenvalue weighted by Gasteiger charge is -2.20. The molecule has 0 bridgehead atoms. The smallest absolute Gasteiger partial charge is 0.254 e. The van der Waals surface area contributed by atoms with Crippen LogP contribution in [0.25, 0.3) is 5.69 Å². The summed E-state index contributed by atoms with van der Waals surface area (Å²) < 4.78 is 1.56. The van der Waals surface area contributed by atoms with Crippen molar-refractivity contribution >= 4 is 11.7 Å². The molecule has 0 saturated heterocycles. The van der Waals surface area contributed by atoms with Gasteiger partial charge in [-0.1, -0.05) is 25.3 Å². The van der Waals surface area contributed by atoms with Crippen LogP contribution in [0.5, 0.6) is 5.75 Å². The number of aromatic hydroxyl groups is 1. The number of amides is 1.